The highest BCUT2D eigenvalue weighted by atomic mass is 32.1. The van der Waals surface area contributed by atoms with Crippen LogP contribution in [0.1, 0.15) is 9.75 Å². The van der Waals surface area contributed by atoms with Crippen molar-refractivity contribution < 1.29 is 0 Å². The Morgan fingerprint density at radius 3 is 3.11 bits per heavy atom. The number of aromatic amines is 1. The summed E-state index contributed by atoms with van der Waals surface area (Å²) in [5.74, 6) is 0. The molecule has 0 bridgehead atoms. The van der Waals surface area contributed by atoms with Gasteiger partial charge in [0.2, 0.25) is 0 Å². The van der Waals surface area contributed by atoms with Crippen molar-refractivity contribution in [3.63, 3.8) is 0 Å². The number of hydrogen-bond donors (Lipinski definition) is 2. The van der Waals surface area contributed by atoms with Gasteiger partial charge in [0.25, 0.3) is 0 Å². The van der Waals surface area contributed by atoms with Gasteiger partial charge < -0.3 is 5.32 Å². The minimum Gasteiger partial charge on any atom is -0.380 e. The van der Waals surface area contributed by atoms with Crippen LogP contribution in [-0.4, -0.2) is 10.2 Å². The zero-order chi connectivity index (χ0) is 12.4. The standard InChI is InChI=1S/C13H10N4S/c14-6-9-4-5-10(18-9)7-15-12-2-1-3-13-11(12)8-16-17-13/h1-5,8,15H,7H2,(H,16,17). The van der Waals surface area contributed by atoms with Gasteiger partial charge in [0.1, 0.15) is 10.9 Å². The molecule has 2 aromatic heterocycles. The predicted octanol–water partition coefficient (Wildman–Crippen LogP) is 3.11. The summed E-state index contributed by atoms with van der Waals surface area (Å²) in [6, 6.07) is 12.0. The summed E-state index contributed by atoms with van der Waals surface area (Å²) in [4.78, 5) is 1.89. The summed E-state index contributed by atoms with van der Waals surface area (Å²) in [6.07, 6.45) is 1.81. The lowest BCUT2D eigenvalue weighted by Gasteiger charge is -2.05. The van der Waals surface area contributed by atoms with Crippen LogP contribution in [0.5, 0.6) is 0 Å². The van der Waals surface area contributed by atoms with E-state index in [0.29, 0.717) is 0 Å². The molecule has 18 heavy (non-hydrogen) atoms. The zero-order valence-corrected chi connectivity index (χ0v) is 10.3. The van der Waals surface area contributed by atoms with Crippen molar-refractivity contribution in [1.29, 1.82) is 5.26 Å². The van der Waals surface area contributed by atoms with Gasteiger partial charge in [0, 0.05) is 22.5 Å². The third-order valence-corrected chi connectivity index (χ3v) is 3.70. The summed E-state index contributed by atoms with van der Waals surface area (Å²) < 4.78 is 0. The Bertz CT molecular complexity index is 720. The number of anilines is 1. The van der Waals surface area contributed by atoms with E-state index in [-0.39, 0.29) is 0 Å². The molecule has 3 rings (SSSR count). The normalized spacial score (nSPS) is 10.4. The molecule has 88 valence electrons. The summed E-state index contributed by atoms with van der Waals surface area (Å²) >= 11 is 1.51. The molecule has 0 amide bonds. The topological polar surface area (TPSA) is 64.5 Å². The number of aromatic nitrogens is 2. The van der Waals surface area contributed by atoms with Crippen molar-refractivity contribution in [3.05, 3.63) is 46.3 Å². The highest BCUT2D eigenvalue weighted by molar-refractivity contribution is 7.12. The second-order valence-corrected chi connectivity index (χ2v) is 5.04. The Hall–Kier alpha value is -2.32. The number of rotatable bonds is 3. The first-order valence-electron chi connectivity index (χ1n) is 5.51. The lowest BCUT2D eigenvalue weighted by Crippen LogP contribution is -1.97. The molecule has 3 aromatic rings. The molecular weight excluding hydrogens is 244 g/mol. The quantitative estimate of drug-likeness (QED) is 0.754. The van der Waals surface area contributed by atoms with Gasteiger partial charge in [-0.3, -0.25) is 5.10 Å². The van der Waals surface area contributed by atoms with E-state index in [4.69, 9.17) is 5.26 Å². The second-order valence-electron chi connectivity index (χ2n) is 3.87. The third kappa shape index (κ3) is 1.94. The molecule has 0 atom stereocenters. The minimum atomic E-state index is 0.719. The van der Waals surface area contributed by atoms with Gasteiger partial charge in [-0.25, -0.2) is 0 Å². The molecule has 2 N–H and O–H groups in total. The molecule has 0 spiro atoms. The fourth-order valence-electron chi connectivity index (χ4n) is 1.84. The predicted molar refractivity (Wildman–Crippen MR) is 72.5 cm³/mol. The average Bonchev–Trinajstić information content (AvgIpc) is 3.05. The molecule has 0 radical (unpaired) electrons. The lowest BCUT2D eigenvalue weighted by molar-refractivity contribution is 1.12. The number of benzene rings is 1. The van der Waals surface area contributed by atoms with Gasteiger partial charge in [-0.1, -0.05) is 6.07 Å². The van der Waals surface area contributed by atoms with E-state index >= 15 is 0 Å². The van der Waals surface area contributed by atoms with E-state index in [1.165, 1.54) is 11.3 Å². The molecule has 1 aromatic carbocycles. The van der Waals surface area contributed by atoms with Gasteiger partial charge in [-0.15, -0.1) is 11.3 Å². The molecule has 0 fully saturated rings. The van der Waals surface area contributed by atoms with Crippen LogP contribution in [-0.2, 0) is 6.54 Å². The van der Waals surface area contributed by atoms with E-state index in [9.17, 15) is 0 Å². The molecule has 4 nitrogen and oxygen atoms in total. The summed E-state index contributed by atoms with van der Waals surface area (Å²) in [6.45, 7) is 0.719. The molecule has 0 aliphatic carbocycles. The molecular formula is C13H10N4S. The van der Waals surface area contributed by atoms with Gasteiger partial charge in [-0.2, -0.15) is 10.4 Å². The SMILES string of the molecule is N#Cc1ccc(CNc2cccc3[nH]ncc23)s1. The lowest BCUT2D eigenvalue weighted by atomic mass is 10.2. The maximum atomic E-state index is 8.78. The number of nitriles is 1. The van der Waals surface area contributed by atoms with E-state index in [1.54, 1.807) is 0 Å². The minimum absolute atomic E-state index is 0.719. The molecule has 0 aliphatic heterocycles. The summed E-state index contributed by atoms with van der Waals surface area (Å²) in [7, 11) is 0. The summed E-state index contributed by atoms with van der Waals surface area (Å²) in [5, 5.41) is 20.2. The van der Waals surface area contributed by atoms with Crippen molar-refractivity contribution in [1.82, 2.24) is 10.2 Å². The first-order valence-corrected chi connectivity index (χ1v) is 6.33. The Morgan fingerprint density at radius 1 is 1.33 bits per heavy atom. The molecule has 5 heteroatoms. The van der Waals surface area contributed by atoms with Crippen LogP contribution in [0.3, 0.4) is 0 Å². The molecule has 0 saturated heterocycles. The van der Waals surface area contributed by atoms with Gasteiger partial charge in [0.15, 0.2) is 0 Å². The van der Waals surface area contributed by atoms with E-state index in [2.05, 4.69) is 21.6 Å². The average molecular weight is 254 g/mol. The Morgan fingerprint density at radius 2 is 2.28 bits per heavy atom. The van der Waals surface area contributed by atoms with Crippen LogP contribution in [0, 0.1) is 11.3 Å². The molecule has 0 unspecified atom stereocenters. The van der Waals surface area contributed by atoms with Crippen LogP contribution >= 0.6 is 11.3 Å². The van der Waals surface area contributed by atoms with Gasteiger partial charge in [-0.05, 0) is 24.3 Å². The first-order chi connectivity index (χ1) is 8.86. The smallest absolute Gasteiger partial charge is 0.110 e. The number of hydrogen-bond acceptors (Lipinski definition) is 4. The van der Waals surface area contributed by atoms with Crippen molar-refractivity contribution in [3.8, 4) is 6.07 Å². The number of fused-ring (bicyclic) bond motifs is 1. The summed E-state index contributed by atoms with van der Waals surface area (Å²) in [5.41, 5.74) is 2.07. The maximum absolute atomic E-state index is 8.78. The highest BCUT2D eigenvalue weighted by Gasteiger charge is 2.03. The second kappa shape index (κ2) is 4.51. The van der Waals surface area contributed by atoms with Crippen molar-refractivity contribution in [2.24, 2.45) is 0 Å². The fourth-order valence-corrected chi connectivity index (χ4v) is 2.58. The van der Waals surface area contributed by atoms with E-state index in [1.807, 2.05) is 36.5 Å². The van der Waals surface area contributed by atoms with Gasteiger partial charge in [0.05, 0.1) is 11.7 Å². The van der Waals surface area contributed by atoms with Crippen molar-refractivity contribution >= 4 is 27.9 Å². The Balaban J connectivity index is 1.81. The van der Waals surface area contributed by atoms with E-state index in [0.717, 1.165) is 32.9 Å². The maximum Gasteiger partial charge on any atom is 0.110 e. The number of nitrogens with zero attached hydrogens (tertiary/aromatic N) is 2. The van der Waals surface area contributed by atoms with Crippen LogP contribution in [0.4, 0.5) is 5.69 Å². The van der Waals surface area contributed by atoms with Crippen LogP contribution in [0.25, 0.3) is 10.9 Å². The van der Waals surface area contributed by atoms with Crippen LogP contribution in [0.2, 0.25) is 0 Å². The van der Waals surface area contributed by atoms with Crippen molar-refractivity contribution in [2.75, 3.05) is 5.32 Å². The van der Waals surface area contributed by atoms with Crippen LogP contribution in [0.15, 0.2) is 36.5 Å². The highest BCUT2D eigenvalue weighted by Crippen LogP contribution is 2.23. The molecule has 0 saturated carbocycles. The number of H-pyrrole nitrogens is 1. The van der Waals surface area contributed by atoms with E-state index < -0.39 is 0 Å². The fraction of sp³-hybridized carbons (Fsp3) is 0.0769. The molecule has 0 aliphatic rings. The number of thiophene rings is 1. The monoisotopic (exact) mass is 254 g/mol. The largest absolute Gasteiger partial charge is 0.380 e. The third-order valence-electron chi connectivity index (χ3n) is 2.71. The van der Waals surface area contributed by atoms with Gasteiger partial charge >= 0.3 is 0 Å². The number of nitrogens with one attached hydrogen (secondary N) is 2. The van der Waals surface area contributed by atoms with Crippen LogP contribution < -0.4 is 5.32 Å². The Labute approximate surface area is 108 Å². The Kier molecular flexibility index (Phi) is 2.71. The molecule has 2 heterocycles. The first kappa shape index (κ1) is 10.8. The zero-order valence-electron chi connectivity index (χ0n) is 9.47. The van der Waals surface area contributed by atoms with Crippen molar-refractivity contribution in [2.45, 2.75) is 6.54 Å².